The maximum absolute atomic E-state index is 6.21. The van der Waals surface area contributed by atoms with Crippen molar-refractivity contribution in [3.05, 3.63) is 22.8 Å². The van der Waals surface area contributed by atoms with Gasteiger partial charge in [-0.1, -0.05) is 6.07 Å². The molecule has 1 aliphatic rings. The van der Waals surface area contributed by atoms with Crippen LogP contribution < -0.4 is 15.4 Å². The number of hydrogen-bond acceptors (Lipinski definition) is 3. The highest BCUT2D eigenvalue weighted by Crippen LogP contribution is 2.39. The molecule has 18 heavy (non-hydrogen) atoms. The van der Waals surface area contributed by atoms with E-state index in [-0.39, 0.29) is 5.54 Å². The van der Waals surface area contributed by atoms with Crippen LogP contribution in [0.15, 0.2) is 6.07 Å². The summed E-state index contributed by atoms with van der Waals surface area (Å²) in [6.45, 7) is 7.27. The van der Waals surface area contributed by atoms with Gasteiger partial charge in [-0.3, -0.25) is 0 Å². The number of rotatable bonds is 4. The van der Waals surface area contributed by atoms with E-state index in [9.17, 15) is 0 Å². The average Bonchev–Trinajstić information content (AvgIpc) is 3.00. The lowest BCUT2D eigenvalue weighted by atomic mass is 10.0. The van der Waals surface area contributed by atoms with Crippen molar-refractivity contribution in [2.45, 2.75) is 39.2 Å². The van der Waals surface area contributed by atoms with Crippen molar-refractivity contribution in [1.82, 2.24) is 0 Å². The van der Waals surface area contributed by atoms with E-state index in [4.69, 9.17) is 10.5 Å². The van der Waals surface area contributed by atoms with Crippen LogP contribution in [0.25, 0.3) is 0 Å². The highest BCUT2D eigenvalue weighted by molar-refractivity contribution is 5.68. The average molecular weight is 248 g/mol. The van der Waals surface area contributed by atoms with E-state index >= 15 is 0 Å². The number of nitrogens with two attached hydrogens (primary N) is 1. The molecule has 3 heteroatoms. The molecule has 100 valence electrons. The summed E-state index contributed by atoms with van der Waals surface area (Å²) in [4.78, 5) is 2.24. The van der Waals surface area contributed by atoms with Crippen molar-refractivity contribution in [2.24, 2.45) is 5.73 Å². The second kappa shape index (κ2) is 4.47. The van der Waals surface area contributed by atoms with Gasteiger partial charge in [0.2, 0.25) is 0 Å². The molecule has 1 saturated carbocycles. The van der Waals surface area contributed by atoms with Gasteiger partial charge in [-0.2, -0.15) is 0 Å². The number of ether oxygens (including phenoxy) is 1. The van der Waals surface area contributed by atoms with E-state index in [1.807, 2.05) is 0 Å². The van der Waals surface area contributed by atoms with Crippen LogP contribution in [-0.4, -0.2) is 26.2 Å². The largest absolute Gasteiger partial charge is 0.494 e. The minimum absolute atomic E-state index is 0.0188. The normalized spacial score (nSPS) is 16.6. The molecule has 0 radical (unpaired) electrons. The summed E-state index contributed by atoms with van der Waals surface area (Å²) >= 11 is 0. The Labute approximate surface area is 110 Å². The molecular formula is C15H24N2O. The second-order valence-corrected chi connectivity index (χ2v) is 5.74. The van der Waals surface area contributed by atoms with Gasteiger partial charge in [0.15, 0.2) is 0 Å². The van der Waals surface area contributed by atoms with Gasteiger partial charge in [0.05, 0.1) is 12.8 Å². The number of nitrogens with zero attached hydrogens (tertiary/aromatic N) is 1. The van der Waals surface area contributed by atoms with Crippen molar-refractivity contribution in [2.75, 3.05) is 25.6 Å². The molecule has 0 spiro atoms. The van der Waals surface area contributed by atoms with Crippen LogP contribution in [0, 0.1) is 20.8 Å². The number of benzene rings is 1. The predicted molar refractivity (Wildman–Crippen MR) is 76.6 cm³/mol. The van der Waals surface area contributed by atoms with Crippen LogP contribution in [0.3, 0.4) is 0 Å². The van der Waals surface area contributed by atoms with Crippen LogP contribution in [0.5, 0.6) is 5.75 Å². The monoisotopic (exact) mass is 248 g/mol. The molecule has 3 nitrogen and oxygen atoms in total. The molecule has 0 unspecified atom stereocenters. The summed E-state index contributed by atoms with van der Waals surface area (Å²) in [6.07, 6.45) is 2.26. The first-order chi connectivity index (χ1) is 8.38. The maximum atomic E-state index is 6.21. The molecule has 0 aliphatic heterocycles. The molecule has 0 atom stereocenters. The van der Waals surface area contributed by atoms with Gasteiger partial charge in [0.1, 0.15) is 5.75 Å². The summed E-state index contributed by atoms with van der Waals surface area (Å²) in [6, 6.07) is 2.22. The van der Waals surface area contributed by atoms with Gasteiger partial charge in [-0.15, -0.1) is 0 Å². The van der Waals surface area contributed by atoms with E-state index in [0.29, 0.717) is 0 Å². The Bertz CT molecular complexity index is 464. The minimum atomic E-state index is 0.0188. The fourth-order valence-corrected chi connectivity index (χ4v) is 2.63. The van der Waals surface area contributed by atoms with Crippen molar-refractivity contribution < 1.29 is 4.74 Å². The number of methoxy groups -OCH3 is 1. The Morgan fingerprint density at radius 2 is 1.89 bits per heavy atom. The van der Waals surface area contributed by atoms with E-state index in [0.717, 1.165) is 25.1 Å². The van der Waals surface area contributed by atoms with Crippen molar-refractivity contribution >= 4 is 5.69 Å². The predicted octanol–water partition coefficient (Wildman–Crippen LogP) is 2.55. The van der Waals surface area contributed by atoms with Gasteiger partial charge in [0.25, 0.3) is 0 Å². The third-order valence-corrected chi connectivity index (χ3v) is 3.98. The summed E-state index contributed by atoms with van der Waals surface area (Å²) in [5.74, 6) is 0.985. The number of likely N-dealkylation sites (N-methyl/N-ethyl adjacent to an activating group) is 1. The number of anilines is 1. The third-order valence-electron chi connectivity index (χ3n) is 3.98. The number of aryl methyl sites for hydroxylation is 2. The lowest BCUT2D eigenvalue weighted by molar-refractivity contribution is 0.410. The first kappa shape index (κ1) is 13.2. The Hall–Kier alpha value is -1.22. The summed E-state index contributed by atoms with van der Waals surface area (Å²) in [5, 5.41) is 0. The Kier molecular flexibility index (Phi) is 3.28. The smallest absolute Gasteiger partial charge is 0.145 e. The van der Waals surface area contributed by atoms with E-state index in [2.05, 4.69) is 38.8 Å². The van der Waals surface area contributed by atoms with Gasteiger partial charge < -0.3 is 15.4 Å². The zero-order valence-electron chi connectivity index (χ0n) is 12.1. The van der Waals surface area contributed by atoms with Crippen LogP contribution in [0.4, 0.5) is 5.69 Å². The fraction of sp³-hybridized carbons (Fsp3) is 0.600. The molecule has 1 aromatic carbocycles. The molecule has 1 aliphatic carbocycles. The number of hydrogen-bond donors (Lipinski definition) is 1. The first-order valence-corrected chi connectivity index (χ1v) is 6.53. The van der Waals surface area contributed by atoms with E-state index < -0.39 is 0 Å². The van der Waals surface area contributed by atoms with Gasteiger partial charge >= 0.3 is 0 Å². The second-order valence-electron chi connectivity index (χ2n) is 5.74. The zero-order chi connectivity index (χ0) is 13.5. The molecule has 0 saturated heterocycles. The summed E-state index contributed by atoms with van der Waals surface area (Å²) < 4.78 is 5.61. The summed E-state index contributed by atoms with van der Waals surface area (Å²) in [5.41, 5.74) is 11.1. The maximum Gasteiger partial charge on any atom is 0.145 e. The van der Waals surface area contributed by atoms with Gasteiger partial charge in [0, 0.05) is 19.1 Å². The molecule has 2 N–H and O–H groups in total. The highest BCUT2D eigenvalue weighted by atomic mass is 16.5. The molecular weight excluding hydrogens is 224 g/mol. The minimum Gasteiger partial charge on any atom is -0.494 e. The lowest BCUT2D eigenvalue weighted by Gasteiger charge is -2.28. The van der Waals surface area contributed by atoms with Crippen molar-refractivity contribution in [3.8, 4) is 5.75 Å². The van der Waals surface area contributed by atoms with Gasteiger partial charge in [-0.25, -0.2) is 0 Å². The first-order valence-electron chi connectivity index (χ1n) is 6.53. The van der Waals surface area contributed by atoms with Crippen LogP contribution in [-0.2, 0) is 0 Å². The standard InChI is InChI=1S/C15H24N2O/c1-10-8-11(2)13(14(18-5)12(10)3)17(4)9-15(16)6-7-15/h8H,6-7,9,16H2,1-5H3. The topological polar surface area (TPSA) is 38.5 Å². The van der Waals surface area contributed by atoms with Gasteiger partial charge in [-0.05, 0) is 50.3 Å². The van der Waals surface area contributed by atoms with Crippen molar-refractivity contribution in [3.63, 3.8) is 0 Å². The molecule has 0 amide bonds. The lowest BCUT2D eigenvalue weighted by Crippen LogP contribution is -2.37. The third kappa shape index (κ3) is 2.32. The SMILES string of the molecule is COc1c(C)c(C)cc(C)c1N(C)CC1(N)CC1. The molecule has 0 heterocycles. The quantitative estimate of drug-likeness (QED) is 0.890. The fourth-order valence-electron chi connectivity index (χ4n) is 2.63. The Morgan fingerprint density at radius 3 is 2.39 bits per heavy atom. The zero-order valence-corrected chi connectivity index (χ0v) is 12.1. The molecule has 1 fully saturated rings. The van der Waals surface area contributed by atoms with Crippen LogP contribution in [0.2, 0.25) is 0 Å². The van der Waals surface area contributed by atoms with E-state index in [1.54, 1.807) is 7.11 Å². The van der Waals surface area contributed by atoms with E-state index in [1.165, 1.54) is 22.4 Å². The molecule has 2 rings (SSSR count). The Balaban J connectivity index is 2.39. The Morgan fingerprint density at radius 1 is 1.28 bits per heavy atom. The molecule has 0 bridgehead atoms. The summed E-state index contributed by atoms with van der Waals surface area (Å²) in [7, 11) is 3.85. The highest BCUT2D eigenvalue weighted by Gasteiger charge is 2.39. The van der Waals surface area contributed by atoms with Crippen LogP contribution in [0.1, 0.15) is 29.5 Å². The molecule has 1 aromatic rings. The molecule has 0 aromatic heterocycles. The van der Waals surface area contributed by atoms with Crippen molar-refractivity contribution in [1.29, 1.82) is 0 Å². The van der Waals surface area contributed by atoms with Crippen LogP contribution >= 0.6 is 0 Å².